The molecule has 160 valence electrons. The molecular weight excluding hydrogens is 422 g/mol. The Hall–Kier alpha value is -3.15. The molecule has 4 heterocycles. The molecule has 4 amide bonds. The number of carbonyl (C=O) groups excluding carboxylic acids is 4. The first kappa shape index (κ1) is 19.8. The lowest BCUT2D eigenvalue weighted by Crippen LogP contribution is -2.56. The predicted octanol–water partition coefficient (Wildman–Crippen LogP) is -0.0528. The first-order valence-corrected chi connectivity index (χ1v) is 10.7. The number of amides is 4. The molecule has 31 heavy (non-hydrogen) atoms. The van der Waals surface area contributed by atoms with Gasteiger partial charge in [0.15, 0.2) is 5.13 Å². The van der Waals surface area contributed by atoms with Gasteiger partial charge in [0.05, 0.1) is 16.0 Å². The van der Waals surface area contributed by atoms with Crippen molar-refractivity contribution in [1.29, 1.82) is 0 Å². The Bertz CT molecular complexity index is 1120. The Kier molecular flexibility index (Phi) is 4.61. The lowest BCUT2D eigenvalue weighted by molar-refractivity contribution is -0.136. The van der Waals surface area contributed by atoms with E-state index in [0.29, 0.717) is 24.8 Å². The van der Waals surface area contributed by atoms with Gasteiger partial charge in [0.2, 0.25) is 11.8 Å². The van der Waals surface area contributed by atoms with Crippen LogP contribution in [-0.4, -0.2) is 57.8 Å². The van der Waals surface area contributed by atoms with Crippen molar-refractivity contribution < 1.29 is 24.3 Å². The molecule has 1 unspecified atom stereocenters. The third kappa shape index (κ3) is 3.30. The van der Waals surface area contributed by atoms with Gasteiger partial charge in [0.25, 0.3) is 11.8 Å². The molecule has 2 saturated heterocycles. The summed E-state index contributed by atoms with van der Waals surface area (Å²) in [5.74, 6) is -2.10. The smallest absolute Gasteiger partial charge is 0.262 e. The first-order valence-electron chi connectivity index (χ1n) is 9.83. The van der Waals surface area contributed by atoms with Gasteiger partial charge in [0, 0.05) is 32.3 Å². The number of rotatable bonds is 5. The van der Waals surface area contributed by atoms with Gasteiger partial charge in [-0.1, -0.05) is 17.4 Å². The van der Waals surface area contributed by atoms with Crippen LogP contribution in [0.5, 0.6) is 0 Å². The van der Waals surface area contributed by atoms with E-state index in [1.54, 1.807) is 24.4 Å². The zero-order chi connectivity index (χ0) is 21.8. The topological polar surface area (TPSA) is 141 Å². The largest absolute Gasteiger partial charge is 0.382 e. The van der Waals surface area contributed by atoms with Crippen LogP contribution in [0.3, 0.4) is 0 Å². The summed E-state index contributed by atoms with van der Waals surface area (Å²) in [6, 6.07) is 3.97. The highest BCUT2D eigenvalue weighted by Gasteiger charge is 2.44. The summed E-state index contributed by atoms with van der Waals surface area (Å²) in [4.78, 5) is 55.2. The quantitative estimate of drug-likeness (QED) is 0.473. The van der Waals surface area contributed by atoms with Crippen LogP contribution in [0.1, 0.15) is 44.0 Å². The molecule has 1 atom stereocenters. The molecule has 11 heteroatoms. The van der Waals surface area contributed by atoms with E-state index in [0.717, 1.165) is 15.3 Å². The van der Waals surface area contributed by atoms with Crippen LogP contribution in [0, 0.1) is 0 Å². The number of hydrogen-bond donors (Lipinski definition) is 4. The van der Waals surface area contributed by atoms with Crippen LogP contribution in [0.15, 0.2) is 24.4 Å². The number of aromatic nitrogens is 1. The van der Waals surface area contributed by atoms with Gasteiger partial charge >= 0.3 is 0 Å². The molecule has 0 bridgehead atoms. The minimum absolute atomic E-state index is 0.0833. The summed E-state index contributed by atoms with van der Waals surface area (Å²) in [5, 5.41) is 19.4. The molecular formula is C20H19N5O5S. The first-order chi connectivity index (χ1) is 14.9. The number of piperidine rings is 1. The van der Waals surface area contributed by atoms with Crippen molar-refractivity contribution in [3.05, 3.63) is 46.0 Å². The van der Waals surface area contributed by atoms with E-state index in [2.05, 4.69) is 20.9 Å². The number of nitrogens with one attached hydrogen (secondary N) is 3. The van der Waals surface area contributed by atoms with Crippen molar-refractivity contribution in [3.8, 4) is 0 Å². The summed E-state index contributed by atoms with van der Waals surface area (Å²) >= 11 is 1.37. The molecule has 2 aromatic rings. The molecule has 0 radical (unpaired) electrons. The number of aliphatic hydroxyl groups is 1. The predicted molar refractivity (Wildman–Crippen MR) is 109 cm³/mol. The maximum absolute atomic E-state index is 12.9. The van der Waals surface area contributed by atoms with Crippen LogP contribution >= 0.6 is 11.3 Å². The molecule has 0 saturated carbocycles. The second kappa shape index (κ2) is 7.22. The Balaban J connectivity index is 1.30. The summed E-state index contributed by atoms with van der Waals surface area (Å²) < 4.78 is 0. The third-order valence-electron chi connectivity index (χ3n) is 5.75. The van der Waals surface area contributed by atoms with Crippen molar-refractivity contribution in [2.75, 3.05) is 18.4 Å². The van der Waals surface area contributed by atoms with Crippen molar-refractivity contribution in [3.63, 3.8) is 0 Å². The van der Waals surface area contributed by atoms with Gasteiger partial charge in [-0.2, -0.15) is 0 Å². The Morgan fingerprint density at radius 2 is 1.97 bits per heavy atom. The standard InChI is InChI=1S/C20H19N5O5S/c26-15-4-3-13(16(27)24-15)25-17(28)11-2-1-10(5-12(11)18(25)29)6-22-19-23-7-14(31-19)20(30)8-21-9-20/h1-2,5,7,13,21,30H,3-4,6,8-9H2,(H,22,23)(H,24,26,27). The Morgan fingerprint density at radius 3 is 2.68 bits per heavy atom. The number of thiazole rings is 1. The average molecular weight is 441 g/mol. The number of fused-ring (bicyclic) bond motifs is 1. The molecule has 1 aromatic carbocycles. The normalized spacial score (nSPS) is 22.2. The van der Waals surface area contributed by atoms with Crippen LogP contribution < -0.4 is 16.0 Å². The molecule has 1 aromatic heterocycles. The van der Waals surface area contributed by atoms with Crippen molar-refractivity contribution in [2.24, 2.45) is 0 Å². The number of nitrogens with zero attached hydrogens (tertiary/aromatic N) is 2. The van der Waals surface area contributed by atoms with Crippen LogP contribution in [0.4, 0.5) is 5.13 Å². The number of anilines is 1. The summed E-state index contributed by atoms with van der Waals surface area (Å²) in [6.07, 6.45) is 1.86. The Labute approximate surface area is 180 Å². The van der Waals surface area contributed by atoms with Crippen LogP contribution in [0.25, 0.3) is 0 Å². The molecule has 0 aliphatic carbocycles. The zero-order valence-electron chi connectivity index (χ0n) is 16.3. The molecule has 3 aliphatic heterocycles. The highest BCUT2D eigenvalue weighted by molar-refractivity contribution is 7.15. The fourth-order valence-corrected chi connectivity index (χ4v) is 4.81. The van der Waals surface area contributed by atoms with Gasteiger partial charge in [-0.15, -0.1) is 0 Å². The van der Waals surface area contributed by atoms with Crippen LogP contribution in [-0.2, 0) is 21.7 Å². The highest BCUT2D eigenvalue weighted by atomic mass is 32.1. The summed E-state index contributed by atoms with van der Waals surface area (Å²) in [5.41, 5.74) is 0.390. The molecule has 3 aliphatic rings. The molecule has 0 spiro atoms. The number of imide groups is 2. The van der Waals surface area contributed by atoms with Gasteiger partial charge in [0.1, 0.15) is 11.6 Å². The molecule has 10 nitrogen and oxygen atoms in total. The second-order valence-electron chi connectivity index (χ2n) is 7.85. The third-order valence-corrected chi connectivity index (χ3v) is 6.90. The lowest BCUT2D eigenvalue weighted by atomic mass is 9.96. The van der Waals surface area contributed by atoms with Gasteiger partial charge in [-0.25, -0.2) is 4.98 Å². The van der Waals surface area contributed by atoms with E-state index in [9.17, 15) is 24.3 Å². The van der Waals surface area contributed by atoms with E-state index < -0.39 is 35.3 Å². The maximum atomic E-state index is 12.9. The minimum atomic E-state index is -0.979. The van der Waals surface area contributed by atoms with Gasteiger partial charge < -0.3 is 15.7 Å². The lowest BCUT2D eigenvalue weighted by Gasteiger charge is -2.36. The fraction of sp³-hybridized carbons (Fsp3) is 0.350. The number of carbonyl (C=O) groups is 4. The highest BCUT2D eigenvalue weighted by Crippen LogP contribution is 2.32. The minimum Gasteiger partial charge on any atom is -0.382 e. The fourth-order valence-electron chi connectivity index (χ4n) is 3.91. The van der Waals surface area contributed by atoms with Crippen molar-refractivity contribution in [2.45, 2.75) is 31.0 Å². The van der Waals surface area contributed by atoms with Crippen molar-refractivity contribution >= 4 is 40.1 Å². The van der Waals surface area contributed by atoms with Gasteiger partial charge in [-0.05, 0) is 24.1 Å². The number of hydrogen-bond acceptors (Lipinski definition) is 9. The molecule has 4 N–H and O–H groups in total. The SMILES string of the molecule is O=C1CCC(N2C(=O)c3ccc(CNc4ncc(C5(O)CNC5)s4)cc3C2=O)C(=O)N1. The number of benzene rings is 1. The Morgan fingerprint density at radius 1 is 1.19 bits per heavy atom. The van der Waals surface area contributed by atoms with E-state index in [1.807, 2.05) is 0 Å². The molecule has 2 fully saturated rings. The monoisotopic (exact) mass is 441 g/mol. The van der Waals surface area contributed by atoms with E-state index in [-0.39, 0.29) is 24.0 Å². The van der Waals surface area contributed by atoms with Gasteiger partial charge in [-0.3, -0.25) is 29.4 Å². The van der Waals surface area contributed by atoms with E-state index >= 15 is 0 Å². The van der Waals surface area contributed by atoms with Crippen molar-refractivity contribution in [1.82, 2.24) is 20.5 Å². The van der Waals surface area contributed by atoms with E-state index in [4.69, 9.17) is 0 Å². The van der Waals surface area contributed by atoms with Crippen LogP contribution in [0.2, 0.25) is 0 Å². The number of β-amino-alcohol motifs (C(OH)–C–C–N with tert-alkyl or cyclic N) is 1. The summed E-state index contributed by atoms with van der Waals surface area (Å²) in [6.45, 7) is 1.37. The average Bonchev–Trinajstić information content (AvgIpc) is 3.29. The van der Waals surface area contributed by atoms with E-state index in [1.165, 1.54) is 11.3 Å². The maximum Gasteiger partial charge on any atom is 0.262 e. The molecule has 5 rings (SSSR count). The zero-order valence-corrected chi connectivity index (χ0v) is 17.1. The summed E-state index contributed by atoms with van der Waals surface area (Å²) in [7, 11) is 0. The second-order valence-corrected chi connectivity index (χ2v) is 8.88.